The maximum absolute atomic E-state index is 6.21. The Morgan fingerprint density at radius 1 is 0.905 bits per heavy atom. The van der Waals surface area contributed by atoms with Crippen molar-refractivity contribution in [2.45, 2.75) is 138 Å². The van der Waals surface area contributed by atoms with Crippen LogP contribution in [0.5, 0.6) is 0 Å². The molecule has 4 N–H and O–H groups in total. The molecule has 0 bridgehead atoms. The molecule has 4 fully saturated rings. The molecule has 9 atom stereocenters. The van der Waals surface area contributed by atoms with E-state index in [0.29, 0.717) is 22.2 Å². The maximum atomic E-state index is 6.21. The van der Waals surface area contributed by atoms with Crippen molar-refractivity contribution in [3.8, 4) is 0 Å². The third-order valence-electron chi connectivity index (χ3n) is 14.4. The minimum Gasteiger partial charge on any atom is -0.399 e. The van der Waals surface area contributed by atoms with Crippen molar-refractivity contribution < 1.29 is 4.74 Å². The maximum Gasteiger partial charge on any atom is 0.0496 e. The monoisotopic (exact) mass is 579 g/mol. The normalized spacial score (nSPS) is 36.1. The van der Waals surface area contributed by atoms with Crippen LogP contribution in [0.25, 0.3) is 0 Å². The van der Waals surface area contributed by atoms with Gasteiger partial charge in [0, 0.05) is 24.6 Å². The summed E-state index contributed by atoms with van der Waals surface area (Å²) in [5, 5.41) is 0. The first-order valence-electron chi connectivity index (χ1n) is 18.2. The second-order valence-electron chi connectivity index (χ2n) is 17.0. The third kappa shape index (κ3) is 6.43. The summed E-state index contributed by atoms with van der Waals surface area (Å²) in [6, 6.07) is 5.88. The topological polar surface area (TPSA) is 61.3 Å². The predicted octanol–water partition coefficient (Wildman–Crippen LogP) is 10.3. The summed E-state index contributed by atoms with van der Waals surface area (Å²) in [6.07, 6.45) is 21.1. The number of hydrogen-bond donors (Lipinski definition) is 2. The molecule has 0 heterocycles. The van der Waals surface area contributed by atoms with E-state index in [2.05, 4.69) is 47.6 Å². The Bertz CT molecular complexity index is 1040. The van der Waals surface area contributed by atoms with Crippen molar-refractivity contribution in [3.05, 3.63) is 23.8 Å². The van der Waals surface area contributed by atoms with E-state index in [1.54, 1.807) is 6.42 Å². The minimum atomic E-state index is 0.317. The Morgan fingerprint density at radius 3 is 2.48 bits per heavy atom. The summed E-state index contributed by atoms with van der Waals surface area (Å²) in [4.78, 5) is 0. The summed E-state index contributed by atoms with van der Waals surface area (Å²) >= 11 is 0. The Labute approximate surface area is 259 Å². The second-order valence-corrected chi connectivity index (χ2v) is 17.0. The van der Waals surface area contributed by atoms with Crippen molar-refractivity contribution in [1.82, 2.24) is 0 Å². The number of benzene rings is 1. The number of nitrogens with two attached hydrogens (primary N) is 2. The first-order chi connectivity index (χ1) is 20.0. The summed E-state index contributed by atoms with van der Waals surface area (Å²) < 4.78 is 6.21. The first kappa shape index (κ1) is 32.2. The van der Waals surface area contributed by atoms with E-state index in [1.807, 2.05) is 12.1 Å². The number of rotatable bonds is 12. The fraction of sp³-hybridized carbons (Fsp3) is 0.846. The lowest BCUT2D eigenvalue weighted by molar-refractivity contribution is -0.114. The molecule has 0 aromatic heterocycles. The Morgan fingerprint density at radius 2 is 1.69 bits per heavy atom. The van der Waals surface area contributed by atoms with Gasteiger partial charge >= 0.3 is 0 Å². The molecule has 3 nitrogen and oxygen atoms in total. The van der Waals surface area contributed by atoms with Gasteiger partial charge in [-0.3, -0.25) is 0 Å². The number of nitrogen functional groups attached to an aromatic ring is 2. The fourth-order valence-corrected chi connectivity index (χ4v) is 11.2. The van der Waals surface area contributed by atoms with Crippen LogP contribution >= 0.6 is 0 Å². The summed E-state index contributed by atoms with van der Waals surface area (Å²) in [5.74, 6) is 6.43. The molecule has 4 aliphatic carbocycles. The van der Waals surface area contributed by atoms with Gasteiger partial charge in [-0.2, -0.15) is 0 Å². The van der Waals surface area contributed by atoms with Crippen molar-refractivity contribution in [1.29, 1.82) is 0 Å². The van der Waals surface area contributed by atoms with Crippen molar-refractivity contribution in [3.63, 3.8) is 0 Å². The van der Waals surface area contributed by atoms with Crippen molar-refractivity contribution in [2.24, 2.45) is 57.7 Å². The molecule has 4 aliphatic rings. The number of anilines is 2. The molecule has 0 saturated heterocycles. The summed E-state index contributed by atoms with van der Waals surface area (Å²) in [5.41, 5.74) is 16.3. The fourth-order valence-electron chi connectivity index (χ4n) is 11.2. The Balaban J connectivity index is 1.06. The molecule has 0 radical (unpaired) electrons. The smallest absolute Gasteiger partial charge is 0.0496 e. The van der Waals surface area contributed by atoms with E-state index < -0.39 is 0 Å². The van der Waals surface area contributed by atoms with E-state index in [4.69, 9.17) is 16.2 Å². The van der Waals surface area contributed by atoms with Crippen LogP contribution in [0.2, 0.25) is 0 Å². The Hall–Kier alpha value is -1.22. The average molecular weight is 579 g/mol. The highest BCUT2D eigenvalue weighted by molar-refractivity contribution is 5.56. The lowest BCUT2D eigenvalue weighted by atomic mass is 9.44. The van der Waals surface area contributed by atoms with Gasteiger partial charge in [-0.15, -0.1) is 0 Å². The number of unbranched alkanes of at least 4 members (excludes halogenated alkanes) is 1. The van der Waals surface area contributed by atoms with Gasteiger partial charge in [-0.25, -0.2) is 0 Å². The van der Waals surface area contributed by atoms with E-state index in [-0.39, 0.29) is 0 Å². The molecular weight excluding hydrogens is 512 g/mol. The van der Waals surface area contributed by atoms with Crippen LogP contribution in [0.3, 0.4) is 0 Å². The van der Waals surface area contributed by atoms with Crippen LogP contribution in [0.15, 0.2) is 18.2 Å². The molecule has 2 unspecified atom stereocenters. The van der Waals surface area contributed by atoms with Gasteiger partial charge in [0.25, 0.3) is 0 Å². The van der Waals surface area contributed by atoms with Crippen LogP contribution in [-0.4, -0.2) is 13.2 Å². The Kier molecular flexibility index (Phi) is 9.98. The van der Waals surface area contributed by atoms with Crippen LogP contribution in [0.1, 0.15) is 137 Å². The zero-order chi connectivity index (χ0) is 30.1. The number of aryl methyl sites for hydroxylation is 1. The SMILES string of the molecule is CC(COCCCCc1ccc(N)cc1N)C(C)(C)CC[C@@H](C)[C@H]1CC[C@H]2[C@@H]3CCC4CCCC[C@]4(C)[C@H]3CC[C@]12C. The average Bonchev–Trinajstić information content (AvgIpc) is 3.31. The van der Waals surface area contributed by atoms with Crippen LogP contribution in [0, 0.1) is 57.7 Å². The zero-order valence-corrected chi connectivity index (χ0v) is 28.4. The molecule has 3 heteroatoms. The molecular formula is C39H66N2O. The number of hydrogen-bond acceptors (Lipinski definition) is 3. The predicted molar refractivity (Wildman–Crippen MR) is 180 cm³/mol. The van der Waals surface area contributed by atoms with Gasteiger partial charge in [0.15, 0.2) is 0 Å². The standard InChI is InChI=1S/C39H66N2O/c1-27(19-22-37(3,4)28(2)26-42-24-10-8-11-29-13-15-31(40)25-36(29)41)33-17-18-34-32-16-14-30-12-7-9-21-38(30,5)35(32)20-23-39(33,34)6/h13,15,25,27-28,30,32-35H,7-12,14,16-24,26,40-41H2,1-6H3/t27-,28?,30?,32+,33-,34+,35+,38+,39-/m1/s1. The molecule has 238 valence electrons. The summed E-state index contributed by atoms with van der Waals surface area (Å²) in [7, 11) is 0. The second kappa shape index (κ2) is 13.0. The number of ether oxygens (including phenoxy) is 1. The highest BCUT2D eigenvalue weighted by Gasteiger charge is 2.60. The van der Waals surface area contributed by atoms with E-state index in [1.165, 1.54) is 76.2 Å². The summed E-state index contributed by atoms with van der Waals surface area (Å²) in [6.45, 7) is 17.2. The van der Waals surface area contributed by atoms with Gasteiger partial charge in [0.05, 0.1) is 0 Å². The van der Waals surface area contributed by atoms with E-state index in [0.717, 1.165) is 79.4 Å². The van der Waals surface area contributed by atoms with Gasteiger partial charge in [-0.05, 0) is 159 Å². The molecule has 0 spiro atoms. The lowest BCUT2D eigenvalue weighted by Gasteiger charge is -2.61. The van der Waals surface area contributed by atoms with Crippen LogP contribution < -0.4 is 11.5 Å². The molecule has 42 heavy (non-hydrogen) atoms. The number of fused-ring (bicyclic) bond motifs is 5. The molecule has 0 aliphatic heterocycles. The quantitative estimate of drug-likeness (QED) is 0.192. The first-order valence-corrected chi connectivity index (χ1v) is 18.2. The van der Waals surface area contributed by atoms with Gasteiger partial charge < -0.3 is 16.2 Å². The van der Waals surface area contributed by atoms with Crippen LogP contribution in [0.4, 0.5) is 11.4 Å². The highest BCUT2D eigenvalue weighted by Crippen LogP contribution is 2.68. The highest BCUT2D eigenvalue weighted by atomic mass is 16.5. The largest absolute Gasteiger partial charge is 0.399 e. The van der Waals surface area contributed by atoms with Gasteiger partial charge in [-0.1, -0.05) is 60.5 Å². The lowest BCUT2D eigenvalue weighted by Crippen LogP contribution is -2.53. The zero-order valence-electron chi connectivity index (χ0n) is 28.4. The molecule has 0 amide bonds. The van der Waals surface area contributed by atoms with Crippen LogP contribution in [-0.2, 0) is 11.2 Å². The molecule has 4 saturated carbocycles. The van der Waals surface area contributed by atoms with Gasteiger partial charge in [0.1, 0.15) is 0 Å². The molecule has 1 aromatic carbocycles. The van der Waals surface area contributed by atoms with E-state index in [9.17, 15) is 0 Å². The van der Waals surface area contributed by atoms with Crippen molar-refractivity contribution in [2.75, 3.05) is 24.7 Å². The van der Waals surface area contributed by atoms with Gasteiger partial charge in [0.2, 0.25) is 0 Å². The molecule has 5 rings (SSSR count). The third-order valence-corrected chi connectivity index (χ3v) is 14.4. The van der Waals surface area contributed by atoms with Crippen molar-refractivity contribution >= 4 is 11.4 Å². The van der Waals surface area contributed by atoms with E-state index >= 15 is 0 Å². The minimum absolute atomic E-state index is 0.317. The molecule has 1 aromatic rings.